The summed E-state index contributed by atoms with van der Waals surface area (Å²) in [6, 6.07) is 10.9. The fraction of sp³-hybridized carbons (Fsp3) is 0.263. The first-order valence-electron chi connectivity index (χ1n) is 8.38. The van der Waals surface area contributed by atoms with Crippen molar-refractivity contribution in [3.8, 4) is 5.88 Å². The number of aromatic nitrogens is 2. The molecule has 6 heteroatoms. The summed E-state index contributed by atoms with van der Waals surface area (Å²) in [5, 5.41) is 19.2. The maximum Gasteiger partial charge on any atom is 0.296 e. The van der Waals surface area contributed by atoms with Gasteiger partial charge in [0.2, 0.25) is 5.88 Å². The maximum absolute atomic E-state index is 12.1. The van der Waals surface area contributed by atoms with E-state index in [9.17, 15) is 9.90 Å². The fourth-order valence-corrected chi connectivity index (χ4v) is 2.76. The average Bonchev–Trinajstić information content (AvgIpc) is 2.92. The van der Waals surface area contributed by atoms with Crippen LogP contribution in [0.3, 0.4) is 0 Å². The predicted molar refractivity (Wildman–Crippen MR) is 96.2 cm³/mol. The average molecular weight is 336 g/mol. The molecule has 0 saturated heterocycles. The van der Waals surface area contributed by atoms with Crippen molar-refractivity contribution < 1.29 is 9.90 Å². The summed E-state index contributed by atoms with van der Waals surface area (Å²) in [5.41, 5.74) is 1.57. The van der Waals surface area contributed by atoms with E-state index in [2.05, 4.69) is 22.1 Å². The number of benzene rings is 1. The normalized spacial score (nSPS) is 11.4. The van der Waals surface area contributed by atoms with Gasteiger partial charge in [-0.3, -0.25) is 9.78 Å². The number of nitrogens with zero attached hydrogens (tertiary/aromatic N) is 4. The molecule has 1 amide bonds. The minimum atomic E-state index is -0.490. The molecule has 3 aromatic rings. The van der Waals surface area contributed by atoms with E-state index in [1.165, 1.54) is 6.20 Å². The van der Waals surface area contributed by atoms with Crippen LogP contribution < -0.4 is 0 Å². The number of aryl methyl sites for hydroxylation is 1. The highest BCUT2D eigenvalue weighted by molar-refractivity contribution is 5.97. The van der Waals surface area contributed by atoms with Crippen LogP contribution in [0.5, 0.6) is 5.88 Å². The fourth-order valence-electron chi connectivity index (χ4n) is 2.76. The van der Waals surface area contributed by atoms with Crippen LogP contribution in [0.2, 0.25) is 0 Å². The van der Waals surface area contributed by atoms with Crippen LogP contribution in [0.15, 0.2) is 59.0 Å². The van der Waals surface area contributed by atoms with Crippen molar-refractivity contribution in [1.29, 1.82) is 0 Å². The molecule has 25 heavy (non-hydrogen) atoms. The number of amides is 1. The van der Waals surface area contributed by atoms with Gasteiger partial charge in [-0.25, -0.2) is 0 Å². The van der Waals surface area contributed by atoms with Crippen LogP contribution in [-0.4, -0.2) is 20.6 Å². The molecule has 128 valence electrons. The second-order valence-electron chi connectivity index (χ2n) is 5.79. The van der Waals surface area contributed by atoms with Gasteiger partial charge in [0, 0.05) is 24.3 Å². The van der Waals surface area contributed by atoms with Gasteiger partial charge >= 0.3 is 0 Å². The number of aromatic hydroxyl groups is 1. The van der Waals surface area contributed by atoms with Crippen LogP contribution in [0.4, 0.5) is 5.69 Å². The third kappa shape index (κ3) is 3.57. The lowest BCUT2D eigenvalue weighted by Crippen LogP contribution is -1.96. The molecule has 0 atom stereocenters. The van der Waals surface area contributed by atoms with Gasteiger partial charge < -0.3 is 9.67 Å². The lowest BCUT2D eigenvalue weighted by atomic mass is 10.2. The van der Waals surface area contributed by atoms with Crippen molar-refractivity contribution in [2.75, 3.05) is 0 Å². The molecule has 3 rings (SSSR count). The Morgan fingerprint density at radius 2 is 2.04 bits per heavy atom. The molecule has 0 radical (unpaired) electrons. The van der Waals surface area contributed by atoms with Crippen molar-refractivity contribution in [3.63, 3.8) is 0 Å². The Morgan fingerprint density at radius 1 is 1.20 bits per heavy atom. The Morgan fingerprint density at radius 3 is 2.80 bits per heavy atom. The predicted octanol–water partition coefficient (Wildman–Crippen LogP) is 4.86. The van der Waals surface area contributed by atoms with Gasteiger partial charge in [-0.05, 0) is 24.6 Å². The number of unbranched alkanes of at least 4 members (excludes halogenated alkanes) is 2. The highest BCUT2D eigenvalue weighted by atomic mass is 16.3. The number of carbonyl (C=O) groups is 1. The van der Waals surface area contributed by atoms with Gasteiger partial charge in [0.15, 0.2) is 5.69 Å². The molecule has 1 N–H and O–H groups in total. The second-order valence-corrected chi connectivity index (χ2v) is 5.79. The van der Waals surface area contributed by atoms with E-state index in [1.807, 2.05) is 28.8 Å². The van der Waals surface area contributed by atoms with Gasteiger partial charge in [-0.1, -0.05) is 38.0 Å². The standard InChI is InChI=1S/C19H20N4O2/c1-2-3-6-12-23-16-10-5-4-9-15(16)17(19(23)25)21-22-18(24)14-8-7-11-20-13-14/h4-5,7-11,13,25H,2-3,6,12H2,1H3. The Kier molecular flexibility index (Phi) is 5.18. The summed E-state index contributed by atoms with van der Waals surface area (Å²) in [7, 11) is 0. The topological polar surface area (TPSA) is 79.8 Å². The summed E-state index contributed by atoms with van der Waals surface area (Å²) in [4.78, 5) is 16.0. The molecule has 0 spiro atoms. The van der Waals surface area contributed by atoms with Gasteiger partial charge in [0.1, 0.15) is 0 Å². The molecule has 2 heterocycles. The number of azo groups is 1. The first-order chi connectivity index (χ1) is 12.2. The lowest BCUT2D eigenvalue weighted by molar-refractivity contribution is 0.0994. The van der Waals surface area contributed by atoms with E-state index in [0.29, 0.717) is 17.8 Å². The maximum atomic E-state index is 12.1. The molecule has 2 aromatic heterocycles. The number of hydrogen-bond donors (Lipinski definition) is 1. The first-order valence-corrected chi connectivity index (χ1v) is 8.38. The first kappa shape index (κ1) is 16.8. The second kappa shape index (κ2) is 7.70. The zero-order chi connectivity index (χ0) is 17.6. The van der Waals surface area contributed by atoms with Crippen LogP contribution in [0.25, 0.3) is 10.9 Å². The Labute approximate surface area is 145 Å². The molecule has 0 bridgehead atoms. The summed E-state index contributed by atoms with van der Waals surface area (Å²) in [6.07, 6.45) is 6.18. The van der Waals surface area contributed by atoms with Crippen LogP contribution in [0.1, 0.15) is 36.5 Å². The van der Waals surface area contributed by atoms with E-state index >= 15 is 0 Å². The van der Waals surface area contributed by atoms with Crippen molar-refractivity contribution >= 4 is 22.5 Å². The number of rotatable bonds is 6. The monoisotopic (exact) mass is 336 g/mol. The number of para-hydroxylation sites is 1. The van der Waals surface area contributed by atoms with Gasteiger partial charge in [0.05, 0.1) is 11.1 Å². The minimum Gasteiger partial charge on any atom is -0.493 e. The Bertz CT molecular complexity index is 900. The van der Waals surface area contributed by atoms with Gasteiger partial charge in [-0.2, -0.15) is 0 Å². The quantitative estimate of drug-likeness (QED) is 0.516. The van der Waals surface area contributed by atoms with Crippen LogP contribution in [0, 0.1) is 0 Å². The highest BCUT2D eigenvalue weighted by Crippen LogP contribution is 2.39. The third-order valence-corrected chi connectivity index (χ3v) is 4.05. The van der Waals surface area contributed by atoms with E-state index in [4.69, 9.17) is 0 Å². The van der Waals surface area contributed by atoms with Crippen molar-refractivity contribution in [3.05, 3.63) is 54.4 Å². The number of pyridine rings is 1. The summed E-state index contributed by atoms with van der Waals surface area (Å²) >= 11 is 0. The summed E-state index contributed by atoms with van der Waals surface area (Å²) in [5.74, 6) is -0.449. The smallest absolute Gasteiger partial charge is 0.296 e. The van der Waals surface area contributed by atoms with Crippen LogP contribution >= 0.6 is 0 Å². The minimum absolute atomic E-state index is 0.0417. The van der Waals surface area contributed by atoms with E-state index in [0.717, 1.165) is 30.2 Å². The summed E-state index contributed by atoms with van der Waals surface area (Å²) in [6.45, 7) is 2.84. The van der Waals surface area contributed by atoms with E-state index < -0.39 is 5.91 Å². The van der Waals surface area contributed by atoms with Gasteiger partial charge in [-0.15, -0.1) is 10.2 Å². The molecule has 0 aliphatic heterocycles. The zero-order valence-corrected chi connectivity index (χ0v) is 14.1. The third-order valence-electron chi connectivity index (χ3n) is 4.05. The molecular formula is C19H20N4O2. The number of carbonyl (C=O) groups excluding carboxylic acids is 1. The summed E-state index contributed by atoms with van der Waals surface area (Å²) < 4.78 is 1.83. The molecule has 1 aromatic carbocycles. The van der Waals surface area contributed by atoms with Gasteiger partial charge in [0.25, 0.3) is 5.91 Å². The molecule has 0 aliphatic rings. The molecule has 0 aliphatic carbocycles. The van der Waals surface area contributed by atoms with Crippen molar-refractivity contribution in [2.45, 2.75) is 32.7 Å². The van der Waals surface area contributed by atoms with Crippen LogP contribution in [-0.2, 0) is 6.54 Å². The SMILES string of the molecule is CCCCCn1c(O)c(N=NC(=O)c2cccnc2)c2ccccc21. The highest BCUT2D eigenvalue weighted by Gasteiger charge is 2.16. The van der Waals surface area contributed by atoms with Crippen molar-refractivity contribution in [1.82, 2.24) is 9.55 Å². The number of hydrogen-bond acceptors (Lipinski definition) is 4. The van der Waals surface area contributed by atoms with E-state index in [-0.39, 0.29) is 5.88 Å². The lowest BCUT2D eigenvalue weighted by Gasteiger charge is -2.05. The van der Waals surface area contributed by atoms with E-state index in [1.54, 1.807) is 18.3 Å². The molecule has 0 unspecified atom stereocenters. The molecule has 0 saturated carbocycles. The molecular weight excluding hydrogens is 316 g/mol. The Balaban J connectivity index is 1.94. The van der Waals surface area contributed by atoms with Crippen molar-refractivity contribution in [2.24, 2.45) is 10.2 Å². The zero-order valence-electron chi connectivity index (χ0n) is 14.1. The molecule has 0 fully saturated rings. The Hall–Kier alpha value is -3.02. The number of fused-ring (bicyclic) bond motifs is 1. The largest absolute Gasteiger partial charge is 0.493 e. The molecule has 6 nitrogen and oxygen atoms in total.